The first-order valence-electron chi connectivity index (χ1n) is 6.43. The Balaban J connectivity index is 1.78. The monoisotopic (exact) mass is 335 g/mol. The molecule has 0 N–H and O–H groups in total. The molecule has 0 atom stereocenters. The maximum atomic E-state index is 12.3. The molecule has 0 bridgehead atoms. The van der Waals surface area contributed by atoms with Gasteiger partial charge in [-0.15, -0.1) is 11.3 Å². The Hall–Kier alpha value is -2.03. The van der Waals surface area contributed by atoms with Gasteiger partial charge in [0.15, 0.2) is 5.76 Å². The van der Waals surface area contributed by atoms with E-state index in [0.29, 0.717) is 15.7 Å². The van der Waals surface area contributed by atoms with Crippen LogP contribution in [0, 0.1) is 0 Å². The number of nitrogens with zero attached hydrogens (tertiary/aromatic N) is 3. The summed E-state index contributed by atoms with van der Waals surface area (Å²) in [5.74, 6) is 0.481. The van der Waals surface area contributed by atoms with E-state index in [1.54, 1.807) is 36.0 Å². The molecule has 3 rings (SSSR count). The summed E-state index contributed by atoms with van der Waals surface area (Å²) in [6.07, 6.45) is 3.33. The number of pyridine rings is 1. The van der Waals surface area contributed by atoms with Crippen molar-refractivity contribution in [3.8, 4) is 11.3 Å². The summed E-state index contributed by atoms with van der Waals surface area (Å²) < 4.78 is 31.5. The van der Waals surface area contributed by atoms with Crippen molar-refractivity contribution in [1.29, 1.82) is 0 Å². The normalized spacial score (nSPS) is 11.9. The molecule has 0 amide bonds. The van der Waals surface area contributed by atoms with Crippen molar-refractivity contribution < 1.29 is 12.9 Å². The molecule has 0 saturated heterocycles. The molecule has 0 spiro atoms. The fourth-order valence-corrected chi connectivity index (χ4v) is 4.25. The van der Waals surface area contributed by atoms with Crippen molar-refractivity contribution in [2.45, 2.75) is 10.8 Å². The number of hydrogen-bond acceptors (Lipinski definition) is 6. The van der Waals surface area contributed by atoms with E-state index >= 15 is 0 Å². The molecule has 0 unspecified atom stereocenters. The van der Waals surface area contributed by atoms with Crippen LogP contribution < -0.4 is 0 Å². The Labute approximate surface area is 132 Å². The smallest absolute Gasteiger partial charge is 0.252 e. The molecule has 3 heterocycles. The van der Waals surface area contributed by atoms with Crippen molar-refractivity contribution in [2.24, 2.45) is 0 Å². The first kappa shape index (κ1) is 14.9. The fourth-order valence-electron chi connectivity index (χ4n) is 1.91. The van der Waals surface area contributed by atoms with E-state index in [2.05, 4.69) is 10.1 Å². The Morgan fingerprint density at radius 3 is 2.73 bits per heavy atom. The van der Waals surface area contributed by atoms with E-state index in [1.165, 1.54) is 22.7 Å². The molecule has 0 aliphatic carbocycles. The molecule has 114 valence electrons. The quantitative estimate of drug-likeness (QED) is 0.716. The molecular weight excluding hydrogens is 322 g/mol. The fraction of sp³-hybridized carbons (Fsp3) is 0.143. The van der Waals surface area contributed by atoms with Gasteiger partial charge in [0.1, 0.15) is 9.90 Å². The third-order valence-electron chi connectivity index (χ3n) is 3.07. The predicted octanol–water partition coefficient (Wildman–Crippen LogP) is 2.62. The van der Waals surface area contributed by atoms with Crippen molar-refractivity contribution >= 4 is 21.4 Å². The van der Waals surface area contributed by atoms with E-state index in [-0.39, 0.29) is 6.54 Å². The summed E-state index contributed by atoms with van der Waals surface area (Å²) in [4.78, 5) is 3.94. The van der Waals surface area contributed by atoms with Gasteiger partial charge in [0.05, 0.1) is 6.54 Å². The van der Waals surface area contributed by atoms with Gasteiger partial charge in [-0.05, 0) is 23.6 Å². The van der Waals surface area contributed by atoms with Crippen molar-refractivity contribution in [1.82, 2.24) is 14.4 Å². The summed E-state index contributed by atoms with van der Waals surface area (Å²) in [6.45, 7) is 0.123. The van der Waals surface area contributed by atoms with Crippen LogP contribution in [0.15, 0.2) is 56.8 Å². The van der Waals surface area contributed by atoms with E-state index in [9.17, 15) is 8.42 Å². The molecule has 0 fully saturated rings. The maximum absolute atomic E-state index is 12.3. The van der Waals surface area contributed by atoms with Crippen molar-refractivity contribution in [3.05, 3.63) is 53.9 Å². The van der Waals surface area contributed by atoms with E-state index in [4.69, 9.17) is 4.52 Å². The molecular formula is C14H13N3O3S2. The number of aromatic nitrogens is 2. The van der Waals surface area contributed by atoms with Crippen LogP contribution >= 0.6 is 11.3 Å². The third-order valence-corrected chi connectivity index (χ3v) is 6.25. The zero-order valence-corrected chi connectivity index (χ0v) is 13.3. The van der Waals surface area contributed by atoms with Gasteiger partial charge in [-0.25, -0.2) is 8.42 Å². The minimum absolute atomic E-state index is 0.123. The number of thiophene rings is 1. The SMILES string of the molecule is CN(Cc1cc(-c2ccncc2)no1)S(=O)(=O)c1cccs1. The van der Waals surface area contributed by atoms with Crippen molar-refractivity contribution in [2.75, 3.05) is 7.05 Å². The lowest BCUT2D eigenvalue weighted by molar-refractivity contribution is 0.344. The van der Waals surface area contributed by atoms with Crippen LogP contribution in [0.3, 0.4) is 0 Å². The number of rotatable bonds is 5. The topological polar surface area (TPSA) is 76.3 Å². The third kappa shape index (κ3) is 2.94. The molecule has 0 aliphatic rings. The van der Waals surface area contributed by atoms with Gasteiger partial charge in [0, 0.05) is 31.1 Å². The second-order valence-corrected chi connectivity index (χ2v) is 7.83. The van der Waals surface area contributed by atoms with Crippen LogP contribution in [0.2, 0.25) is 0 Å². The molecule has 3 aromatic heterocycles. The zero-order valence-electron chi connectivity index (χ0n) is 11.7. The van der Waals surface area contributed by atoms with Crippen molar-refractivity contribution in [3.63, 3.8) is 0 Å². The Kier molecular flexibility index (Phi) is 4.06. The molecule has 0 saturated carbocycles. The lowest BCUT2D eigenvalue weighted by Gasteiger charge is -2.13. The van der Waals surface area contributed by atoms with Crippen LogP contribution in [-0.4, -0.2) is 29.9 Å². The van der Waals surface area contributed by atoms with Crippen LogP contribution in [-0.2, 0) is 16.6 Å². The number of hydrogen-bond donors (Lipinski definition) is 0. The lowest BCUT2D eigenvalue weighted by atomic mass is 10.2. The molecule has 3 aromatic rings. The minimum Gasteiger partial charge on any atom is -0.359 e. The minimum atomic E-state index is -3.50. The summed E-state index contributed by atoms with van der Waals surface area (Å²) in [5, 5.41) is 5.70. The Morgan fingerprint density at radius 1 is 1.27 bits per heavy atom. The standard InChI is InChI=1S/C14H13N3O3S2/c1-17(22(18,19)14-3-2-8-21-14)10-12-9-13(16-20-12)11-4-6-15-7-5-11/h2-9H,10H2,1H3. The predicted molar refractivity (Wildman–Crippen MR) is 82.7 cm³/mol. The Morgan fingerprint density at radius 2 is 2.05 bits per heavy atom. The summed E-state index contributed by atoms with van der Waals surface area (Å²) in [5.41, 5.74) is 1.52. The maximum Gasteiger partial charge on any atom is 0.252 e. The lowest BCUT2D eigenvalue weighted by Crippen LogP contribution is -2.25. The highest BCUT2D eigenvalue weighted by Gasteiger charge is 2.23. The zero-order chi connectivity index (χ0) is 15.6. The number of sulfonamides is 1. The van der Waals surface area contributed by atoms with Crippen LogP contribution in [0.25, 0.3) is 11.3 Å². The van der Waals surface area contributed by atoms with Crippen LogP contribution in [0.5, 0.6) is 0 Å². The average Bonchev–Trinajstić information content (AvgIpc) is 3.20. The second-order valence-electron chi connectivity index (χ2n) is 4.61. The average molecular weight is 335 g/mol. The summed E-state index contributed by atoms with van der Waals surface area (Å²) in [7, 11) is -1.98. The summed E-state index contributed by atoms with van der Waals surface area (Å²) >= 11 is 1.19. The van der Waals surface area contributed by atoms with E-state index in [0.717, 1.165) is 5.56 Å². The highest BCUT2D eigenvalue weighted by Crippen LogP contribution is 2.23. The van der Waals surface area contributed by atoms with Gasteiger partial charge in [0.25, 0.3) is 10.0 Å². The van der Waals surface area contributed by atoms with Gasteiger partial charge < -0.3 is 4.52 Å². The van der Waals surface area contributed by atoms with E-state index < -0.39 is 10.0 Å². The first-order chi connectivity index (χ1) is 10.6. The molecule has 22 heavy (non-hydrogen) atoms. The largest absolute Gasteiger partial charge is 0.359 e. The molecule has 0 aliphatic heterocycles. The Bertz CT molecular complexity index is 843. The van der Waals surface area contributed by atoms with Gasteiger partial charge in [-0.3, -0.25) is 4.98 Å². The first-order valence-corrected chi connectivity index (χ1v) is 8.75. The molecule has 0 aromatic carbocycles. The molecule has 8 heteroatoms. The highest BCUT2D eigenvalue weighted by atomic mass is 32.2. The second kappa shape index (κ2) is 5.99. The van der Waals surface area contributed by atoms with Gasteiger partial charge in [-0.1, -0.05) is 11.2 Å². The van der Waals surface area contributed by atoms with Gasteiger partial charge in [-0.2, -0.15) is 4.31 Å². The molecule has 0 radical (unpaired) electrons. The highest BCUT2D eigenvalue weighted by molar-refractivity contribution is 7.91. The van der Waals surface area contributed by atoms with Gasteiger partial charge in [0.2, 0.25) is 0 Å². The van der Waals surface area contributed by atoms with Gasteiger partial charge >= 0.3 is 0 Å². The molecule has 6 nitrogen and oxygen atoms in total. The summed E-state index contributed by atoms with van der Waals surface area (Å²) in [6, 6.07) is 8.65. The van der Waals surface area contributed by atoms with E-state index in [1.807, 2.05) is 12.1 Å². The van der Waals surface area contributed by atoms with Crippen LogP contribution in [0.4, 0.5) is 0 Å². The van der Waals surface area contributed by atoms with Crippen LogP contribution in [0.1, 0.15) is 5.76 Å².